The number of hydrogen-bond acceptors (Lipinski definition) is 5. The number of nitrogens with zero attached hydrogens (tertiary/aromatic N) is 2. The number of benzene rings is 1. The van der Waals surface area contributed by atoms with Gasteiger partial charge in [-0.1, -0.05) is 19.6 Å². The molecule has 0 saturated carbocycles. The van der Waals surface area contributed by atoms with Crippen LogP contribution >= 0.6 is 0 Å². The van der Waals surface area contributed by atoms with Crippen molar-refractivity contribution in [3.63, 3.8) is 0 Å². The Bertz CT molecular complexity index is 2840. The lowest BCUT2D eigenvalue weighted by Gasteiger charge is -2.18. The zero-order valence-corrected chi connectivity index (χ0v) is 32.4. The van der Waals surface area contributed by atoms with E-state index in [1.807, 2.05) is 32.9 Å². The van der Waals surface area contributed by atoms with Gasteiger partial charge in [-0.05, 0) is 116 Å². The van der Waals surface area contributed by atoms with Crippen molar-refractivity contribution in [2.45, 2.75) is 72.8 Å². The number of aromatic nitrogens is 4. The van der Waals surface area contributed by atoms with Gasteiger partial charge in [0.25, 0.3) is 5.56 Å². The van der Waals surface area contributed by atoms with Crippen LogP contribution in [0.3, 0.4) is 0 Å². The summed E-state index contributed by atoms with van der Waals surface area (Å²) in [6, 6.07) is 1.05. The highest BCUT2D eigenvalue weighted by Gasteiger charge is 2.37. The van der Waals surface area contributed by atoms with Gasteiger partial charge >= 0.3 is 18.3 Å². The Kier molecular flexibility index (Phi) is 9.85. The van der Waals surface area contributed by atoms with Crippen LogP contribution < -0.4 is 16.3 Å². The van der Waals surface area contributed by atoms with Gasteiger partial charge in [-0.15, -0.1) is 0 Å². The van der Waals surface area contributed by atoms with Crippen molar-refractivity contribution in [1.82, 2.24) is 19.5 Å². The molecule has 7 rings (SSSR count). The van der Waals surface area contributed by atoms with E-state index < -0.39 is 53.0 Å². The second-order valence-electron chi connectivity index (χ2n) is 14.5. The van der Waals surface area contributed by atoms with Crippen LogP contribution in [0.15, 0.2) is 51.4 Å². The lowest BCUT2D eigenvalue weighted by molar-refractivity contribution is -0.143. The Morgan fingerprint density at radius 3 is 2.14 bits per heavy atom. The van der Waals surface area contributed by atoms with Crippen molar-refractivity contribution >= 4 is 46.9 Å². The zero-order valence-electron chi connectivity index (χ0n) is 32.4. The van der Waals surface area contributed by atoms with Gasteiger partial charge in [0.05, 0.1) is 52.7 Å². The second-order valence-corrected chi connectivity index (χ2v) is 14.5. The molecule has 0 aliphatic carbocycles. The number of carbonyl (C=O) groups excluding carboxylic acids is 1. The molecule has 6 heterocycles. The van der Waals surface area contributed by atoms with Crippen LogP contribution in [-0.2, 0) is 34.8 Å². The van der Waals surface area contributed by atoms with E-state index in [4.69, 9.17) is 9.73 Å². The number of aromatic amines is 3. The highest BCUT2D eigenvalue weighted by atomic mass is 19.4. The third kappa shape index (κ3) is 6.71. The molecule has 0 amide bonds. The molecule has 9 nitrogen and oxygen atoms in total. The van der Waals surface area contributed by atoms with Crippen LogP contribution in [0.25, 0.3) is 35.2 Å². The number of pyridine rings is 1. The van der Waals surface area contributed by atoms with E-state index in [1.54, 1.807) is 26.0 Å². The van der Waals surface area contributed by atoms with Crippen LogP contribution in [0.1, 0.15) is 93.8 Å². The number of rotatable bonds is 7. The molecular formula is C43H39F6N5O4. The average Bonchev–Trinajstić information content (AvgIpc) is 3.84. The van der Waals surface area contributed by atoms with E-state index in [-0.39, 0.29) is 41.1 Å². The smallest absolute Gasteiger partial charge is 0.416 e. The Balaban J connectivity index is 1.61. The first-order valence-corrected chi connectivity index (χ1v) is 18.4. The van der Waals surface area contributed by atoms with Crippen LogP contribution in [0.5, 0.6) is 5.88 Å². The molecular weight excluding hydrogens is 764 g/mol. The van der Waals surface area contributed by atoms with E-state index in [2.05, 4.69) is 21.5 Å². The number of esters is 1. The summed E-state index contributed by atoms with van der Waals surface area (Å²) in [7, 11) is 1.24. The lowest BCUT2D eigenvalue weighted by Crippen LogP contribution is -2.24. The predicted molar refractivity (Wildman–Crippen MR) is 210 cm³/mol. The number of nitrogens with one attached hydrogen (secondary N) is 3. The van der Waals surface area contributed by atoms with Crippen molar-refractivity contribution in [1.29, 1.82) is 0 Å². The molecule has 15 heteroatoms. The molecule has 0 unspecified atom stereocenters. The minimum Gasteiger partial charge on any atom is -0.494 e. The molecule has 0 spiro atoms. The first kappa shape index (κ1) is 40.0. The van der Waals surface area contributed by atoms with Crippen LogP contribution in [-0.4, -0.2) is 43.4 Å². The number of hydrogen-bond donors (Lipinski definition) is 4. The fourth-order valence-corrected chi connectivity index (χ4v) is 7.94. The van der Waals surface area contributed by atoms with Crippen LogP contribution in [0, 0.1) is 20.8 Å². The molecule has 2 aliphatic heterocycles. The number of H-pyrrole nitrogens is 3. The number of aromatic hydroxyl groups is 1. The van der Waals surface area contributed by atoms with Crippen LogP contribution in [0.4, 0.5) is 26.3 Å². The second kappa shape index (κ2) is 14.3. The molecule has 0 atom stereocenters. The maximum atomic E-state index is 14.5. The number of ether oxygens (including phenoxy) is 1. The topological polar surface area (TPSA) is 128 Å². The summed E-state index contributed by atoms with van der Waals surface area (Å²) in [6.45, 7) is 12.5. The Morgan fingerprint density at radius 1 is 0.897 bits per heavy atom. The van der Waals surface area contributed by atoms with E-state index >= 15 is 0 Å². The number of aliphatic imine (C=N–C) groups is 1. The fraction of sp³-hybridized carbons (Fsp3) is 0.279. The molecule has 0 fully saturated rings. The van der Waals surface area contributed by atoms with Gasteiger partial charge in [-0.2, -0.15) is 26.3 Å². The molecule has 0 radical (unpaired) electrons. The largest absolute Gasteiger partial charge is 0.494 e. The maximum absolute atomic E-state index is 14.5. The number of methoxy groups -OCH3 is 1. The molecule has 4 N–H and O–H groups in total. The maximum Gasteiger partial charge on any atom is 0.416 e. The van der Waals surface area contributed by atoms with Gasteiger partial charge in [0.15, 0.2) is 0 Å². The standard InChI is InChI=1S/C43H39F6N5O4/c1-8-26-19(3)29-15-31-21(5)28(10-11-35(55)58-7)38(52-31)37-39-36(22(6)32(53-39)17-34-27(9-2)20(4)30(51-34)16-33(26)50-29)40(56)54(41(37)57)18-23-12-24(42(44,45)46)14-25(13-23)43(47,48)49/h8,12-17,50-51,53,57H,1,9-11,18H2,2-7H3. The quantitative estimate of drug-likeness (QED) is 0.0983. The van der Waals surface area contributed by atoms with Gasteiger partial charge in [0.2, 0.25) is 5.88 Å². The van der Waals surface area contributed by atoms with Crippen molar-refractivity contribution in [3.05, 3.63) is 130 Å². The van der Waals surface area contributed by atoms with Gasteiger partial charge < -0.3 is 24.8 Å². The number of allylic oxidation sites excluding steroid dienone is 2. The van der Waals surface area contributed by atoms with E-state index in [0.29, 0.717) is 52.3 Å². The molecule has 8 bridgehead atoms. The van der Waals surface area contributed by atoms with E-state index in [0.717, 1.165) is 43.2 Å². The van der Waals surface area contributed by atoms with Crippen molar-refractivity contribution in [2.75, 3.05) is 7.11 Å². The molecule has 58 heavy (non-hydrogen) atoms. The Labute approximate surface area is 327 Å². The Hall–Kier alpha value is -6.25. The molecule has 1 aromatic carbocycles. The van der Waals surface area contributed by atoms with Crippen molar-refractivity contribution < 1.29 is 41.0 Å². The van der Waals surface area contributed by atoms with Crippen molar-refractivity contribution in [2.24, 2.45) is 4.99 Å². The third-order valence-corrected chi connectivity index (χ3v) is 11.1. The number of halogens is 6. The van der Waals surface area contributed by atoms with E-state index in [9.17, 15) is 41.0 Å². The monoisotopic (exact) mass is 803 g/mol. The summed E-state index contributed by atoms with van der Waals surface area (Å²) in [5.41, 5.74) is 3.29. The van der Waals surface area contributed by atoms with Gasteiger partial charge in [0.1, 0.15) is 0 Å². The first-order valence-electron chi connectivity index (χ1n) is 18.4. The number of carbonyl (C=O) groups is 1. The molecule has 302 valence electrons. The average molecular weight is 804 g/mol. The SMILES string of the molecule is C=Cc1c2[nH]c(c1C)C=C1N=C(C(CCC(=O)OC)=C1C)c1c(O)n(Cc3cc(C(F)(F)F)cc(C(F)(F)F)c3)c(=O)c3c(C)c([nH]c13)C=c1[nH]c(c(C)c1CC)=C2. The minimum absolute atomic E-state index is 0.00141. The predicted octanol–water partition coefficient (Wildman–Crippen LogP) is 7.99. The lowest BCUT2D eigenvalue weighted by atomic mass is 9.94. The zero-order chi connectivity index (χ0) is 42.2. The minimum atomic E-state index is -5.14. The van der Waals surface area contributed by atoms with Gasteiger partial charge in [-0.25, -0.2) is 4.99 Å². The first-order chi connectivity index (χ1) is 27.3. The van der Waals surface area contributed by atoms with Crippen molar-refractivity contribution in [3.8, 4) is 5.88 Å². The van der Waals surface area contributed by atoms with Crippen LogP contribution in [0.2, 0.25) is 0 Å². The normalized spacial score (nSPS) is 14.1. The number of alkyl halides is 6. The number of fused-ring (bicyclic) bond motifs is 7. The molecule has 2 aliphatic rings. The summed E-state index contributed by atoms with van der Waals surface area (Å²) in [6.07, 6.45) is -2.32. The molecule has 4 aromatic heterocycles. The highest BCUT2D eigenvalue weighted by Crippen LogP contribution is 2.40. The summed E-state index contributed by atoms with van der Waals surface area (Å²) in [5, 5.41) is 13.8. The van der Waals surface area contributed by atoms with Gasteiger partial charge in [-0.3, -0.25) is 14.2 Å². The third-order valence-electron chi connectivity index (χ3n) is 11.1. The molecule has 5 aromatic rings. The highest BCUT2D eigenvalue weighted by molar-refractivity contribution is 6.23. The van der Waals surface area contributed by atoms with E-state index in [1.165, 1.54) is 7.11 Å². The Morgan fingerprint density at radius 2 is 1.53 bits per heavy atom. The summed E-state index contributed by atoms with van der Waals surface area (Å²) in [4.78, 5) is 42.2. The summed E-state index contributed by atoms with van der Waals surface area (Å²) < 4.78 is 89.3. The fourth-order valence-electron chi connectivity index (χ4n) is 7.94. The van der Waals surface area contributed by atoms with Gasteiger partial charge in [0, 0.05) is 39.8 Å². The molecule has 0 saturated heterocycles. The summed E-state index contributed by atoms with van der Waals surface area (Å²) in [5.74, 6) is -1.29. The number of aryl methyl sites for hydroxylation is 1. The summed E-state index contributed by atoms with van der Waals surface area (Å²) >= 11 is 0.